The standard InChI is InChI=1S/C30H34Cl2N4O4/c1-39-24-10-12-27(28(20-24)40-2)36-17-15-35(16-18-36)14-4-3-13-33-29(37)21-5-8-23(9-6-21)34-30(38)22-7-11-25(31)26(32)19-22/h5-12,19-20H,3-4,13-18H2,1-2H3,(H,33,37)(H,34,38). The summed E-state index contributed by atoms with van der Waals surface area (Å²) in [5, 5.41) is 6.48. The van der Waals surface area contributed by atoms with E-state index in [-0.39, 0.29) is 11.8 Å². The Morgan fingerprint density at radius 2 is 1.52 bits per heavy atom. The van der Waals surface area contributed by atoms with E-state index >= 15 is 0 Å². The van der Waals surface area contributed by atoms with E-state index in [4.69, 9.17) is 32.7 Å². The van der Waals surface area contributed by atoms with Gasteiger partial charge in [0.05, 0.1) is 30.0 Å². The number of methoxy groups -OCH3 is 2. The van der Waals surface area contributed by atoms with E-state index < -0.39 is 0 Å². The lowest BCUT2D eigenvalue weighted by Gasteiger charge is -2.36. The maximum Gasteiger partial charge on any atom is 0.255 e. The van der Waals surface area contributed by atoms with E-state index in [1.807, 2.05) is 12.1 Å². The predicted octanol–water partition coefficient (Wildman–Crippen LogP) is 5.60. The molecule has 0 aliphatic carbocycles. The Morgan fingerprint density at radius 1 is 0.800 bits per heavy atom. The average molecular weight is 586 g/mol. The summed E-state index contributed by atoms with van der Waals surface area (Å²) < 4.78 is 10.9. The summed E-state index contributed by atoms with van der Waals surface area (Å²) in [4.78, 5) is 29.8. The molecule has 1 aliphatic rings. The van der Waals surface area contributed by atoms with Crippen molar-refractivity contribution in [3.8, 4) is 11.5 Å². The molecule has 4 rings (SSSR count). The minimum atomic E-state index is -0.308. The summed E-state index contributed by atoms with van der Waals surface area (Å²) in [6.45, 7) is 5.44. The Morgan fingerprint density at radius 3 is 2.20 bits per heavy atom. The number of halogens is 2. The lowest BCUT2D eigenvalue weighted by atomic mass is 10.1. The van der Waals surface area contributed by atoms with Gasteiger partial charge >= 0.3 is 0 Å². The lowest BCUT2D eigenvalue weighted by Crippen LogP contribution is -2.46. The summed E-state index contributed by atoms with van der Waals surface area (Å²) in [5.41, 5.74) is 2.61. The van der Waals surface area contributed by atoms with Crippen LogP contribution in [-0.4, -0.2) is 70.2 Å². The first-order valence-electron chi connectivity index (χ1n) is 13.2. The molecule has 1 heterocycles. The number of rotatable bonds is 11. The van der Waals surface area contributed by atoms with Gasteiger partial charge in [0.2, 0.25) is 0 Å². The number of anilines is 2. The number of nitrogens with one attached hydrogen (secondary N) is 2. The monoisotopic (exact) mass is 584 g/mol. The van der Waals surface area contributed by atoms with Gasteiger partial charge in [-0.1, -0.05) is 23.2 Å². The summed E-state index contributed by atoms with van der Waals surface area (Å²) in [6.07, 6.45) is 1.90. The SMILES string of the molecule is COc1ccc(N2CCN(CCCCNC(=O)c3ccc(NC(=O)c4ccc(Cl)c(Cl)c4)cc3)CC2)c(OC)c1. The number of benzene rings is 3. The van der Waals surface area contributed by atoms with Crippen molar-refractivity contribution in [3.63, 3.8) is 0 Å². The van der Waals surface area contributed by atoms with Crippen LogP contribution in [0.4, 0.5) is 11.4 Å². The molecule has 0 radical (unpaired) electrons. The molecule has 0 aromatic heterocycles. The number of carbonyl (C=O) groups is 2. The Hall–Kier alpha value is -3.46. The second kappa shape index (κ2) is 14.3. The normalized spacial score (nSPS) is 13.6. The van der Waals surface area contributed by atoms with Gasteiger partial charge in [-0.05, 0) is 74.0 Å². The molecule has 2 N–H and O–H groups in total. The van der Waals surface area contributed by atoms with Crippen LogP contribution in [0.1, 0.15) is 33.6 Å². The highest BCUT2D eigenvalue weighted by Gasteiger charge is 2.20. The summed E-state index contributed by atoms with van der Waals surface area (Å²) in [7, 11) is 3.34. The van der Waals surface area contributed by atoms with Crippen LogP contribution in [0.25, 0.3) is 0 Å². The fourth-order valence-electron chi connectivity index (χ4n) is 4.57. The van der Waals surface area contributed by atoms with Crippen LogP contribution in [0.5, 0.6) is 11.5 Å². The first-order valence-corrected chi connectivity index (χ1v) is 14.0. The third-order valence-electron chi connectivity index (χ3n) is 6.87. The molecule has 1 aliphatic heterocycles. The van der Waals surface area contributed by atoms with Crippen molar-refractivity contribution in [2.75, 3.05) is 63.7 Å². The number of hydrogen-bond acceptors (Lipinski definition) is 6. The van der Waals surface area contributed by atoms with Crippen molar-refractivity contribution >= 4 is 46.4 Å². The summed E-state index contributed by atoms with van der Waals surface area (Å²) in [6, 6.07) is 17.4. The maximum absolute atomic E-state index is 12.5. The van der Waals surface area contributed by atoms with Gasteiger partial charge in [-0.15, -0.1) is 0 Å². The van der Waals surface area contributed by atoms with Gasteiger partial charge in [0, 0.05) is 55.6 Å². The van der Waals surface area contributed by atoms with Crippen LogP contribution in [0.15, 0.2) is 60.7 Å². The van der Waals surface area contributed by atoms with Crippen LogP contribution in [0.2, 0.25) is 10.0 Å². The number of ether oxygens (including phenoxy) is 2. The first-order chi connectivity index (χ1) is 19.4. The fraction of sp³-hybridized carbons (Fsp3) is 0.333. The van der Waals surface area contributed by atoms with Crippen LogP contribution in [0.3, 0.4) is 0 Å². The molecule has 8 nitrogen and oxygen atoms in total. The van der Waals surface area contributed by atoms with Crippen molar-refractivity contribution < 1.29 is 19.1 Å². The van der Waals surface area contributed by atoms with Crippen molar-refractivity contribution in [2.24, 2.45) is 0 Å². The molecular weight excluding hydrogens is 551 g/mol. The van der Waals surface area contributed by atoms with E-state index in [1.165, 1.54) is 6.07 Å². The molecule has 0 unspecified atom stereocenters. The number of piperazine rings is 1. The highest BCUT2D eigenvalue weighted by Crippen LogP contribution is 2.32. The van der Waals surface area contributed by atoms with Crippen LogP contribution in [-0.2, 0) is 0 Å². The topological polar surface area (TPSA) is 83.1 Å². The Kier molecular flexibility index (Phi) is 10.5. The molecule has 2 amide bonds. The number of carbonyl (C=O) groups excluding carboxylic acids is 2. The zero-order valence-electron chi connectivity index (χ0n) is 22.7. The third-order valence-corrected chi connectivity index (χ3v) is 7.61. The van der Waals surface area contributed by atoms with Gasteiger partial charge in [-0.25, -0.2) is 0 Å². The number of amides is 2. The summed E-state index contributed by atoms with van der Waals surface area (Å²) in [5.74, 6) is 1.17. The molecule has 3 aromatic carbocycles. The van der Waals surface area contributed by atoms with E-state index in [0.29, 0.717) is 33.4 Å². The molecule has 0 spiro atoms. The minimum Gasteiger partial charge on any atom is -0.497 e. The molecule has 10 heteroatoms. The summed E-state index contributed by atoms with van der Waals surface area (Å²) >= 11 is 11.9. The number of unbranched alkanes of at least 4 members (excludes halogenated alkanes) is 1. The van der Waals surface area contributed by atoms with Crippen LogP contribution < -0.4 is 25.0 Å². The molecule has 1 saturated heterocycles. The van der Waals surface area contributed by atoms with E-state index in [9.17, 15) is 9.59 Å². The van der Waals surface area contributed by atoms with Crippen molar-refractivity contribution in [3.05, 3.63) is 81.8 Å². The highest BCUT2D eigenvalue weighted by molar-refractivity contribution is 6.42. The van der Waals surface area contributed by atoms with Crippen molar-refractivity contribution in [2.45, 2.75) is 12.8 Å². The number of nitrogens with zero attached hydrogens (tertiary/aromatic N) is 2. The number of hydrogen-bond donors (Lipinski definition) is 2. The third kappa shape index (κ3) is 7.81. The second-order valence-electron chi connectivity index (χ2n) is 9.49. The smallest absolute Gasteiger partial charge is 0.255 e. The van der Waals surface area contributed by atoms with Crippen molar-refractivity contribution in [1.82, 2.24) is 10.2 Å². The van der Waals surface area contributed by atoms with Crippen LogP contribution >= 0.6 is 23.2 Å². The molecule has 40 heavy (non-hydrogen) atoms. The quantitative estimate of drug-likeness (QED) is 0.286. The average Bonchev–Trinajstić information content (AvgIpc) is 2.98. The highest BCUT2D eigenvalue weighted by atomic mass is 35.5. The molecule has 3 aromatic rings. The molecule has 0 bridgehead atoms. The van der Waals surface area contributed by atoms with E-state index in [0.717, 1.165) is 62.8 Å². The van der Waals surface area contributed by atoms with Gasteiger partial charge in [0.15, 0.2) is 0 Å². The van der Waals surface area contributed by atoms with Crippen LogP contribution in [0, 0.1) is 0 Å². The van der Waals surface area contributed by atoms with E-state index in [2.05, 4.69) is 26.5 Å². The fourth-order valence-corrected chi connectivity index (χ4v) is 4.87. The molecule has 212 valence electrons. The zero-order chi connectivity index (χ0) is 28.5. The van der Waals surface area contributed by atoms with E-state index in [1.54, 1.807) is 50.6 Å². The Bertz CT molecular complexity index is 1310. The first kappa shape index (κ1) is 29.5. The Balaban J connectivity index is 1.14. The van der Waals surface area contributed by atoms with Gasteiger partial charge in [-0.2, -0.15) is 0 Å². The lowest BCUT2D eigenvalue weighted by molar-refractivity contribution is 0.0952. The molecule has 0 saturated carbocycles. The minimum absolute atomic E-state index is 0.135. The zero-order valence-corrected chi connectivity index (χ0v) is 24.2. The van der Waals surface area contributed by atoms with Gasteiger partial charge < -0.3 is 25.0 Å². The maximum atomic E-state index is 12.5. The molecular formula is C30H34Cl2N4O4. The van der Waals surface area contributed by atoms with Gasteiger partial charge in [0.25, 0.3) is 11.8 Å². The Labute approximate surface area is 245 Å². The van der Waals surface area contributed by atoms with Gasteiger partial charge in [0.1, 0.15) is 11.5 Å². The molecule has 1 fully saturated rings. The van der Waals surface area contributed by atoms with Crippen molar-refractivity contribution in [1.29, 1.82) is 0 Å². The predicted molar refractivity (Wildman–Crippen MR) is 161 cm³/mol. The van der Waals surface area contributed by atoms with Gasteiger partial charge in [-0.3, -0.25) is 14.5 Å². The second-order valence-corrected chi connectivity index (χ2v) is 10.3. The molecule has 0 atom stereocenters. The largest absolute Gasteiger partial charge is 0.497 e.